The van der Waals surface area contributed by atoms with E-state index in [0.29, 0.717) is 22.4 Å². The van der Waals surface area contributed by atoms with Gasteiger partial charge in [-0.3, -0.25) is 0 Å². The zero-order valence-electron chi connectivity index (χ0n) is 13.0. The molecule has 0 N–H and O–H groups in total. The smallest absolute Gasteiger partial charge is 0.363 e. The Morgan fingerprint density at radius 3 is 2.40 bits per heavy atom. The topological polar surface area (TPSA) is 51.8 Å². The summed E-state index contributed by atoms with van der Waals surface area (Å²) in [7, 11) is 0. The lowest BCUT2D eigenvalue weighted by molar-refractivity contribution is -0.129. The van der Waals surface area contributed by atoms with Crippen molar-refractivity contribution < 1.29 is 13.9 Å². The standard InChI is InChI=1S/C20H12ClNO3/c21-15-8-6-13(7-9-15)18-11-10-16(24-18)12-17-20(23)25-19(22-17)14-4-2-1-3-5-14/h1-12H/b17-12-. The number of nitrogens with zero attached hydrogens (tertiary/aromatic N) is 1. The van der Waals surface area contributed by atoms with Gasteiger partial charge < -0.3 is 9.15 Å². The third kappa shape index (κ3) is 3.25. The number of carbonyl (C=O) groups excluding carboxylic acids is 1. The van der Waals surface area contributed by atoms with Crippen molar-refractivity contribution in [1.82, 2.24) is 0 Å². The van der Waals surface area contributed by atoms with Crippen LogP contribution in [0.1, 0.15) is 11.3 Å². The van der Waals surface area contributed by atoms with E-state index in [4.69, 9.17) is 20.8 Å². The number of ether oxygens (including phenoxy) is 1. The predicted octanol–water partition coefficient (Wildman–Crippen LogP) is 4.94. The maximum absolute atomic E-state index is 12.0. The van der Waals surface area contributed by atoms with Crippen molar-refractivity contribution in [3.63, 3.8) is 0 Å². The lowest BCUT2D eigenvalue weighted by Crippen LogP contribution is -2.04. The Morgan fingerprint density at radius 1 is 0.880 bits per heavy atom. The van der Waals surface area contributed by atoms with Crippen molar-refractivity contribution in [3.8, 4) is 11.3 Å². The molecule has 2 heterocycles. The average molecular weight is 350 g/mol. The van der Waals surface area contributed by atoms with Gasteiger partial charge in [-0.2, -0.15) is 0 Å². The number of aliphatic imine (C=N–C) groups is 1. The molecule has 0 radical (unpaired) electrons. The van der Waals surface area contributed by atoms with Crippen LogP contribution < -0.4 is 0 Å². The van der Waals surface area contributed by atoms with Crippen molar-refractivity contribution in [1.29, 1.82) is 0 Å². The molecule has 5 heteroatoms. The minimum absolute atomic E-state index is 0.204. The van der Waals surface area contributed by atoms with E-state index in [0.717, 1.165) is 11.1 Å². The highest BCUT2D eigenvalue weighted by Crippen LogP contribution is 2.26. The number of cyclic esters (lactones) is 1. The minimum atomic E-state index is -0.497. The zero-order chi connectivity index (χ0) is 17.2. The largest absolute Gasteiger partial charge is 0.457 e. The van der Waals surface area contributed by atoms with Gasteiger partial charge in [0.2, 0.25) is 5.90 Å². The molecule has 0 saturated carbocycles. The number of rotatable bonds is 3. The summed E-state index contributed by atoms with van der Waals surface area (Å²) in [5, 5.41) is 0.661. The molecule has 4 rings (SSSR count). The van der Waals surface area contributed by atoms with Crippen molar-refractivity contribution in [2.75, 3.05) is 0 Å². The molecule has 3 aromatic rings. The first kappa shape index (κ1) is 15.4. The summed E-state index contributed by atoms with van der Waals surface area (Å²) in [6, 6.07) is 20.2. The number of hydrogen-bond donors (Lipinski definition) is 0. The first-order valence-electron chi connectivity index (χ1n) is 7.63. The fraction of sp³-hybridized carbons (Fsp3) is 0. The maximum Gasteiger partial charge on any atom is 0.363 e. The summed E-state index contributed by atoms with van der Waals surface area (Å²) in [5.41, 5.74) is 1.85. The summed E-state index contributed by atoms with van der Waals surface area (Å²) in [6.45, 7) is 0. The van der Waals surface area contributed by atoms with Crippen LogP contribution in [0.15, 0.2) is 81.8 Å². The van der Waals surface area contributed by atoms with E-state index in [1.807, 2.05) is 48.5 Å². The second kappa shape index (κ2) is 6.42. The molecular weight excluding hydrogens is 338 g/mol. The summed E-state index contributed by atoms with van der Waals surface area (Å²) in [5.74, 6) is 1.00. The van der Waals surface area contributed by atoms with Gasteiger partial charge in [0.05, 0.1) is 0 Å². The highest BCUT2D eigenvalue weighted by Gasteiger charge is 2.24. The number of carbonyl (C=O) groups is 1. The van der Waals surface area contributed by atoms with Gasteiger partial charge in [0, 0.05) is 22.2 Å². The van der Waals surface area contributed by atoms with E-state index in [-0.39, 0.29) is 5.70 Å². The van der Waals surface area contributed by atoms with E-state index in [1.165, 1.54) is 0 Å². The Morgan fingerprint density at radius 2 is 1.64 bits per heavy atom. The van der Waals surface area contributed by atoms with Gasteiger partial charge in [0.25, 0.3) is 0 Å². The molecule has 122 valence electrons. The fourth-order valence-electron chi connectivity index (χ4n) is 2.45. The second-order valence-electron chi connectivity index (χ2n) is 5.41. The highest BCUT2D eigenvalue weighted by molar-refractivity contribution is 6.30. The normalized spacial score (nSPS) is 15.3. The van der Waals surface area contributed by atoms with E-state index in [2.05, 4.69) is 4.99 Å². The summed E-state index contributed by atoms with van der Waals surface area (Å²) in [4.78, 5) is 16.3. The fourth-order valence-corrected chi connectivity index (χ4v) is 2.57. The molecule has 2 aromatic carbocycles. The number of benzene rings is 2. The minimum Gasteiger partial charge on any atom is -0.457 e. The molecular formula is C20H12ClNO3. The first-order valence-corrected chi connectivity index (χ1v) is 8.00. The van der Waals surface area contributed by atoms with Crippen molar-refractivity contribution in [2.24, 2.45) is 4.99 Å². The molecule has 0 atom stereocenters. The molecule has 0 saturated heterocycles. The summed E-state index contributed by atoms with van der Waals surface area (Å²) < 4.78 is 11.0. The van der Waals surface area contributed by atoms with Crippen LogP contribution in [0.3, 0.4) is 0 Å². The second-order valence-corrected chi connectivity index (χ2v) is 5.85. The molecule has 1 aliphatic heterocycles. The van der Waals surface area contributed by atoms with Gasteiger partial charge in [-0.25, -0.2) is 9.79 Å². The van der Waals surface area contributed by atoms with Gasteiger partial charge in [0.1, 0.15) is 11.5 Å². The molecule has 25 heavy (non-hydrogen) atoms. The number of furan rings is 1. The Labute approximate surface area is 149 Å². The van der Waals surface area contributed by atoms with E-state index >= 15 is 0 Å². The van der Waals surface area contributed by atoms with Gasteiger partial charge in [-0.05, 0) is 48.5 Å². The Bertz CT molecular complexity index is 985. The van der Waals surface area contributed by atoms with E-state index in [1.54, 1.807) is 24.3 Å². The van der Waals surface area contributed by atoms with Crippen molar-refractivity contribution in [3.05, 3.63) is 88.8 Å². The quantitative estimate of drug-likeness (QED) is 0.497. The Hall–Kier alpha value is -3.11. The van der Waals surface area contributed by atoms with Crippen LogP contribution in [-0.2, 0) is 9.53 Å². The Kier molecular flexibility index (Phi) is 3.96. The van der Waals surface area contributed by atoms with Crippen LogP contribution in [0.5, 0.6) is 0 Å². The summed E-state index contributed by atoms with van der Waals surface area (Å²) >= 11 is 5.89. The molecule has 0 unspecified atom stereocenters. The number of esters is 1. The predicted molar refractivity (Wildman–Crippen MR) is 96.2 cm³/mol. The van der Waals surface area contributed by atoms with Crippen LogP contribution >= 0.6 is 11.6 Å². The van der Waals surface area contributed by atoms with Crippen LogP contribution in [0.4, 0.5) is 0 Å². The van der Waals surface area contributed by atoms with Crippen LogP contribution in [0.2, 0.25) is 5.02 Å². The van der Waals surface area contributed by atoms with Crippen LogP contribution in [-0.4, -0.2) is 11.9 Å². The van der Waals surface area contributed by atoms with Crippen molar-refractivity contribution >= 4 is 29.5 Å². The number of halogens is 1. The van der Waals surface area contributed by atoms with Gasteiger partial charge in [0.15, 0.2) is 5.70 Å². The van der Waals surface area contributed by atoms with Gasteiger partial charge in [-0.1, -0.05) is 29.8 Å². The first-order chi connectivity index (χ1) is 12.2. The zero-order valence-corrected chi connectivity index (χ0v) is 13.7. The molecule has 1 aromatic heterocycles. The molecule has 0 aliphatic carbocycles. The summed E-state index contributed by atoms with van der Waals surface area (Å²) in [6.07, 6.45) is 1.57. The molecule has 0 amide bonds. The molecule has 4 nitrogen and oxygen atoms in total. The van der Waals surface area contributed by atoms with E-state index in [9.17, 15) is 4.79 Å². The lowest BCUT2D eigenvalue weighted by atomic mass is 10.2. The highest BCUT2D eigenvalue weighted by atomic mass is 35.5. The van der Waals surface area contributed by atoms with Gasteiger partial charge >= 0.3 is 5.97 Å². The molecule has 0 spiro atoms. The van der Waals surface area contributed by atoms with E-state index < -0.39 is 5.97 Å². The maximum atomic E-state index is 12.0. The lowest BCUT2D eigenvalue weighted by Gasteiger charge is -1.97. The number of hydrogen-bond acceptors (Lipinski definition) is 4. The monoisotopic (exact) mass is 349 g/mol. The Balaban J connectivity index is 1.62. The van der Waals surface area contributed by atoms with Gasteiger partial charge in [-0.15, -0.1) is 0 Å². The SMILES string of the molecule is O=C1OC(c2ccccc2)=N/C1=C\c1ccc(-c2ccc(Cl)cc2)o1. The molecule has 0 fully saturated rings. The van der Waals surface area contributed by atoms with Crippen LogP contribution in [0, 0.1) is 0 Å². The third-order valence-corrected chi connectivity index (χ3v) is 3.93. The molecule has 1 aliphatic rings. The van der Waals surface area contributed by atoms with Crippen molar-refractivity contribution in [2.45, 2.75) is 0 Å². The average Bonchev–Trinajstić information content (AvgIpc) is 3.24. The van der Waals surface area contributed by atoms with Crippen LogP contribution in [0.25, 0.3) is 17.4 Å². The molecule has 0 bridgehead atoms. The third-order valence-electron chi connectivity index (χ3n) is 3.68.